The number of aryl methyl sites for hydroxylation is 2. The van der Waals surface area contributed by atoms with Gasteiger partial charge >= 0.3 is 0 Å². The van der Waals surface area contributed by atoms with Gasteiger partial charge in [-0.25, -0.2) is 0 Å². The average Bonchev–Trinajstić information content (AvgIpc) is 2.81. The largest absolute Gasteiger partial charge is 0.484 e. The maximum Gasteiger partial charge on any atom is 0.261 e. The van der Waals surface area contributed by atoms with Crippen LogP contribution in [0.3, 0.4) is 0 Å². The van der Waals surface area contributed by atoms with E-state index in [1.54, 1.807) is 4.90 Å². The van der Waals surface area contributed by atoms with Gasteiger partial charge in [0.2, 0.25) is 5.91 Å². The van der Waals surface area contributed by atoms with E-state index < -0.39 is 6.04 Å². The number of rotatable bonds is 9. The lowest BCUT2D eigenvalue weighted by molar-refractivity contribution is -0.143. The number of nitrogens with one attached hydrogen (secondary N) is 1. The van der Waals surface area contributed by atoms with Crippen molar-refractivity contribution >= 4 is 27.7 Å². The molecule has 33 heavy (non-hydrogen) atoms. The summed E-state index contributed by atoms with van der Waals surface area (Å²) in [4.78, 5) is 28.3. The SMILES string of the molecule is CCC(C(=O)NC1CCCCC1)N(Cc1ccccc1C)C(=O)COc1ccc(Br)c(C)c1. The van der Waals surface area contributed by atoms with Gasteiger partial charge in [-0.3, -0.25) is 9.59 Å². The molecule has 6 heteroatoms. The molecule has 3 rings (SSSR count). The van der Waals surface area contributed by atoms with Crippen LogP contribution in [0.15, 0.2) is 46.9 Å². The minimum absolute atomic E-state index is 0.0641. The first kappa shape index (κ1) is 25.3. The Labute approximate surface area is 206 Å². The van der Waals surface area contributed by atoms with E-state index in [4.69, 9.17) is 4.74 Å². The summed E-state index contributed by atoms with van der Waals surface area (Å²) in [6, 6.07) is 13.3. The van der Waals surface area contributed by atoms with Crippen molar-refractivity contribution in [1.82, 2.24) is 10.2 Å². The number of hydrogen-bond acceptors (Lipinski definition) is 3. The van der Waals surface area contributed by atoms with Crippen molar-refractivity contribution in [3.63, 3.8) is 0 Å². The molecule has 5 nitrogen and oxygen atoms in total. The highest BCUT2D eigenvalue weighted by Gasteiger charge is 2.30. The molecule has 1 unspecified atom stereocenters. The average molecular weight is 515 g/mol. The molecule has 2 aromatic rings. The van der Waals surface area contributed by atoms with E-state index in [9.17, 15) is 9.59 Å². The molecular formula is C27H35BrN2O3. The van der Waals surface area contributed by atoms with E-state index >= 15 is 0 Å². The third-order valence-corrected chi connectivity index (χ3v) is 7.32. The molecule has 2 aromatic carbocycles. The molecule has 1 saturated carbocycles. The number of carbonyl (C=O) groups excluding carboxylic acids is 2. The molecule has 1 aliphatic carbocycles. The molecule has 0 heterocycles. The third-order valence-electron chi connectivity index (χ3n) is 6.43. The molecular weight excluding hydrogens is 480 g/mol. The Hall–Kier alpha value is -2.34. The Balaban J connectivity index is 1.77. The van der Waals surface area contributed by atoms with Crippen LogP contribution in [-0.2, 0) is 16.1 Å². The van der Waals surface area contributed by atoms with Crippen LogP contribution in [0.25, 0.3) is 0 Å². The predicted molar refractivity (Wildman–Crippen MR) is 135 cm³/mol. The second kappa shape index (κ2) is 12.2. The van der Waals surface area contributed by atoms with Crippen LogP contribution in [0.1, 0.15) is 62.1 Å². The van der Waals surface area contributed by atoms with Crippen LogP contribution >= 0.6 is 15.9 Å². The molecule has 0 aromatic heterocycles. The smallest absolute Gasteiger partial charge is 0.261 e. The van der Waals surface area contributed by atoms with Gasteiger partial charge in [0.1, 0.15) is 11.8 Å². The summed E-state index contributed by atoms with van der Waals surface area (Å²) >= 11 is 3.49. The Kier molecular flexibility index (Phi) is 9.36. The van der Waals surface area contributed by atoms with Crippen LogP contribution in [-0.4, -0.2) is 35.4 Å². The quantitative estimate of drug-likeness (QED) is 0.466. The monoisotopic (exact) mass is 514 g/mol. The molecule has 178 valence electrons. The van der Waals surface area contributed by atoms with Crippen LogP contribution in [0.4, 0.5) is 0 Å². The maximum absolute atomic E-state index is 13.4. The number of nitrogens with zero attached hydrogens (tertiary/aromatic N) is 1. The van der Waals surface area contributed by atoms with Gasteiger partial charge in [0.25, 0.3) is 5.91 Å². The van der Waals surface area contributed by atoms with Crippen molar-refractivity contribution in [2.24, 2.45) is 0 Å². The zero-order valence-corrected chi connectivity index (χ0v) is 21.5. The molecule has 0 aliphatic heterocycles. The maximum atomic E-state index is 13.4. The second-order valence-electron chi connectivity index (χ2n) is 8.92. The van der Waals surface area contributed by atoms with Gasteiger partial charge in [0.15, 0.2) is 6.61 Å². The van der Waals surface area contributed by atoms with Gasteiger partial charge in [-0.05, 0) is 68.0 Å². The Morgan fingerprint density at radius 3 is 2.48 bits per heavy atom. The third kappa shape index (κ3) is 7.07. The lowest BCUT2D eigenvalue weighted by Gasteiger charge is -2.33. The molecule has 1 fully saturated rings. The first-order chi connectivity index (χ1) is 15.9. The fourth-order valence-electron chi connectivity index (χ4n) is 4.37. The number of halogens is 1. The zero-order valence-electron chi connectivity index (χ0n) is 19.9. The fraction of sp³-hybridized carbons (Fsp3) is 0.481. The van der Waals surface area contributed by atoms with Gasteiger partial charge in [0, 0.05) is 17.1 Å². The molecule has 0 radical (unpaired) electrons. The van der Waals surface area contributed by atoms with E-state index in [-0.39, 0.29) is 24.5 Å². The van der Waals surface area contributed by atoms with Crippen molar-refractivity contribution < 1.29 is 14.3 Å². The minimum Gasteiger partial charge on any atom is -0.484 e. The van der Waals surface area contributed by atoms with Crippen molar-refractivity contribution in [3.8, 4) is 5.75 Å². The van der Waals surface area contributed by atoms with E-state index in [0.717, 1.165) is 46.8 Å². The lowest BCUT2D eigenvalue weighted by Crippen LogP contribution is -2.52. The number of amides is 2. The Morgan fingerprint density at radius 1 is 1.09 bits per heavy atom. The van der Waals surface area contributed by atoms with Gasteiger partial charge in [0.05, 0.1) is 0 Å². The molecule has 0 bridgehead atoms. The Bertz CT molecular complexity index is 956. The fourth-order valence-corrected chi connectivity index (χ4v) is 4.62. The molecule has 1 N–H and O–H groups in total. The summed E-state index contributed by atoms with van der Waals surface area (Å²) in [5.74, 6) is 0.384. The molecule has 0 spiro atoms. The van der Waals surface area contributed by atoms with Gasteiger partial charge < -0.3 is 15.0 Å². The van der Waals surface area contributed by atoms with E-state index in [0.29, 0.717) is 18.7 Å². The molecule has 1 atom stereocenters. The summed E-state index contributed by atoms with van der Waals surface area (Å²) in [6.45, 7) is 6.24. The number of benzene rings is 2. The van der Waals surface area contributed by atoms with Crippen molar-refractivity contribution in [3.05, 3.63) is 63.6 Å². The van der Waals surface area contributed by atoms with E-state index in [1.165, 1.54) is 6.42 Å². The zero-order chi connectivity index (χ0) is 23.8. The first-order valence-corrected chi connectivity index (χ1v) is 12.7. The summed E-state index contributed by atoms with van der Waals surface area (Å²) < 4.78 is 6.83. The van der Waals surface area contributed by atoms with Crippen LogP contribution in [0, 0.1) is 13.8 Å². The Morgan fingerprint density at radius 2 is 1.82 bits per heavy atom. The highest BCUT2D eigenvalue weighted by Crippen LogP contribution is 2.23. The van der Waals surface area contributed by atoms with Gasteiger partial charge in [-0.15, -0.1) is 0 Å². The van der Waals surface area contributed by atoms with Crippen LogP contribution < -0.4 is 10.1 Å². The number of ether oxygens (including phenoxy) is 1. The lowest BCUT2D eigenvalue weighted by atomic mass is 9.95. The van der Waals surface area contributed by atoms with Gasteiger partial charge in [-0.2, -0.15) is 0 Å². The van der Waals surface area contributed by atoms with Crippen LogP contribution in [0.2, 0.25) is 0 Å². The highest BCUT2D eigenvalue weighted by atomic mass is 79.9. The van der Waals surface area contributed by atoms with Crippen LogP contribution in [0.5, 0.6) is 5.75 Å². The summed E-state index contributed by atoms with van der Waals surface area (Å²) in [5, 5.41) is 3.21. The summed E-state index contributed by atoms with van der Waals surface area (Å²) in [6.07, 6.45) is 6.10. The van der Waals surface area contributed by atoms with Gasteiger partial charge in [-0.1, -0.05) is 66.4 Å². The van der Waals surface area contributed by atoms with Crippen molar-refractivity contribution in [2.45, 2.75) is 77.9 Å². The summed E-state index contributed by atoms with van der Waals surface area (Å²) in [5.41, 5.74) is 3.17. The van der Waals surface area contributed by atoms with E-state index in [1.807, 2.05) is 63.2 Å². The molecule has 2 amide bonds. The topological polar surface area (TPSA) is 58.6 Å². The van der Waals surface area contributed by atoms with Crippen molar-refractivity contribution in [2.75, 3.05) is 6.61 Å². The molecule has 0 saturated heterocycles. The number of carbonyl (C=O) groups is 2. The van der Waals surface area contributed by atoms with E-state index in [2.05, 4.69) is 21.2 Å². The molecule has 1 aliphatic rings. The highest BCUT2D eigenvalue weighted by molar-refractivity contribution is 9.10. The number of hydrogen-bond donors (Lipinski definition) is 1. The predicted octanol–water partition coefficient (Wildman–Crippen LogP) is 5.70. The summed E-state index contributed by atoms with van der Waals surface area (Å²) in [7, 11) is 0. The normalized spacial score (nSPS) is 15.0. The van der Waals surface area contributed by atoms with Crippen molar-refractivity contribution in [1.29, 1.82) is 0 Å². The second-order valence-corrected chi connectivity index (χ2v) is 9.77. The minimum atomic E-state index is -0.533. The standard InChI is InChI=1S/C27H35BrN2O3/c1-4-25(27(32)29-22-12-6-5-7-13-22)30(17-21-11-9-8-10-19(21)2)26(31)18-33-23-14-15-24(28)20(3)16-23/h8-11,14-16,22,25H,4-7,12-13,17-18H2,1-3H3,(H,29,32). The first-order valence-electron chi connectivity index (χ1n) is 11.9.